The molecule has 0 aliphatic rings. The van der Waals surface area contributed by atoms with Gasteiger partial charge in [0.25, 0.3) is 0 Å². The second-order valence-electron chi connectivity index (χ2n) is 3.97. The van der Waals surface area contributed by atoms with Crippen LogP contribution in [0.3, 0.4) is 0 Å². The summed E-state index contributed by atoms with van der Waals surface area (Å²) in [7, 11) is 0. The number of hydrogen-bond donors (Lipinski definition) is 0. The molecule has 0 aliphatic heterocycles. The van der Waals surface area contributed by atoms with Gasteiger partial charge in [-0.25, -0.2) is 4.98 Å². The van der Waals surface area contributed by atoms with Crippen LogP contribution in [0.5, 0.6) is 0 Å². The summed E-state index contributed by atoms with van der Waals surface area (Å²) < 4.78 is 37.1. The Morgan fingerprint density at radius 2 is 2.21 bits per heavy atom. The van der Waals surface area contributed by atoms with Gasteiger partial charge in [0.15, 0.2) is 0 Å². The van der Waals surface area contributed by atoms with Gasteiger partial charge in [-0.15, -0.1) is 22.9 Å². The van der Waals surface area contributed by atoms with Crippen LogP contribution in [0.25, 0.3) is 0 Å². The Hall–Kier alpha value is -0.820. The summed E-state index contributed by atoms with van der Waals surface area (Å²) in [4.78, 5) is 16.7. The number of rotatable bonds is 6. The van der Waals surface area contributed by atoms with E-state index in [0.717, 1.165) is 4.90 Å². The summed E-state index contributed by atoms with van der Waals surface area (Å²) in [5.41, 5.74) is 0.632. The van der Waals surface area contributed by atoms with Crippen molar-refractivity contribution in [1.82, 2.24) is 9.88 Å². The molecule has 0 saturated carbocycles. The van der Waals surface area contributed by atoms with Crippen LogP contribution in [0.1, 0.15) is 24.0 Å². The maximum absolute atomic E-state index is 12.4. The molecule has 1 rings (SSSR count). The van der Waals surface area contributed by atoms with E-state index in [1.54, 1.807) is 12.3 Å². The predicted octanol–water partition coefficient (Wildman–Crippen LogP) is 3.23. The molecule has 0 fully saturated rings. The van der Waals surface area contributed by atoms with E-state index in [2.05, 4.69) is 4.98 Å². The first kappa shape index (κ1) is 16.2. The molecule has 1 heterocycles. The van der Waals surface area contributed by atoms with E-state index in [9.17, 15) is 18.0 Å². The average molecular weight is 315 g/mol. The van der Waals surface area contributed by atoms with Crippen molar-refractivity contribution in [3.8, 4) is 0 Å². The molecule has 1 amide bonds. The summed E-state index contributed by atoms with van der Waals surface area (Å²) in [6, 6.07) is 0. The molecule has 0 aromatic carbocycles. The SMILES string of the molecule is CCCN(CC(F)(F)F)C(=O)Cc1nc(CCl)cs1. The molecule has 0 unspecified atom stereocenters. The first-order valence-electron chi connectivity index (χ1n) is 5.69. The summed E-state index contributed by atoms with van der Waals surface area (Å²) in [5.74, 6) is -0.332. The zero-order valence-electron chi connectivity index (χ0n) is 10.3. The topological polar surface area (TPSA) is 33.2 Å². The number of halogens is 4. The molecule has 0 aliphatic carbocycles. The molecule has 19 heavy (non-hydrogen) atoms. The standard InChI is InChI=1S/C11H14ClF3N2OS/c1-2-3-17(7-11(13,14)15)10(18)4-9-16-8(5-12)6-19-9/h6H,2-5,7H2,1H3. The lowest BCUT2D eigenvalue weighted by Crippen LogP contribution is -2.40. The highest BCUT2D eigenvalue weighted by Crippen LogP contribution is 2.18. The number of carbonyl (C=O) groups is 1. The van der Waals surface area contributed by atoms with Crippen LogP contribution in [-0.4, -0.2) is 35.1 Å². The average Bonchev–Trinajstić information content (AvgIpc) is 2.74. The van der Waals surface area contributed by atoms with Crippen LogP contribution in [0.4, 0.5) is 13.2 Å². The molecule has 0 N–H and O–H groups in total. The Bertz CT molecular complexity index is 422. The normalized spacial score (nSPS) is 11.6. The van der Waals surface area contributed by atoms with E-state index in [4.69, 9.17) is 11.6 Å². The molecular weight excluding hydrogens is 301 g/mol. The van der Waals surface area contributed by atoms with Crippen LogP contribution in [0, 0.1) is 0 Å². The minimum Gasteiger partial charge on any atom is -0.333 e. The van der Waals surface area contributed by atoms with Crippen molar-refractivity contribution in [2.75, 3.05) is 13.1 Å². The zero-order valence-corrected chi connectivity index (χ0v) is 11.9. The highest BCUT2D eigenvalue weighted by atomic mass is 35.5. The van der Waals surface area contributed by atoms with Crippen LogP contribution in [-0.2, 0) is 17.1 Å². The molecule has 1 aromatic rings. The fraction of sp³-hybridized carbons (Fsp3) is 0.636. The van der Waals surface area contributed by atoms with Crippen molar-refractivity contribution >= 4 is 28.8 Å². The third-order valence-electron chi connectivity index (χ3n) is 2.26. The van der Waals surface area contributed by atoms with Gasteiger partial charge in [-0.05, 0) is 6.42 Å². The maximum atomic E-state index is 12.4. The lowest BCUT2D eigenvalue weighted by atomic mass is 10.3. The van der Waals surface area contributed by atoms with E-state index < -0.39 is 18.6 Å². The van der Waals surface area contributed by atoms with Gasteiger partial charge in [0.05, 0.1) is 18.0 Å². The van der Waals surface area contributed by atoms with Crippen LogP contribution >= 0.6 is 22.9 Å². The smallest absolute Gasteiger partial charge is 0.333 e. The first-order valence-corrected chi connectivity index (χ1v) is 7.11. The molecule has 0 saturated heterocycles. The summed E-state index contributed by atoms with van der Waals surface area (Å²) in [6.07, 6.45) is -4.01. The number of nitrogens with zero attached hydrogens (tertiary/aromatic N) is 2. The molecule has 3 nitrogen and oxygen atoms in total. The van der Waals surface area contributed by atoms with Crippen molar-refractivity contribution in [1.29, 1.82) is 0 Å². The van der Waals surface area contributed by atoms with E-state index in [0.29, 0.717) is 17.1 Å². The second-order valence-corrected chi connectivity index (χ2v) is 5.18. The number of amides is 1. The largest absolute Gasteiger partial charge is 0.406 e. The molecule has 0 atom stereocenters. The number of aromatic nitrogens is 1. The lowest BCUT2D eigenvalue weighted by molar-refractivity contribution is -0.160. The minimum absolute atomic E-state index is 0.0894. The fourth-order valence-electron chi connectivity index (χ4n) is 1.51. The second kappa shape index (κ2) is 7.09. The van der Waals surface area contributed by atoms with Crippen molar-refractivity contribution in [3.05, 3.63) is 16.1 Å². The van der Waals surface area contributed by atoms with E-state index in [-0.39, 0.29) is 18.8 Å². The van der Waals surface area contributed by atoms with Gasteiger partial charge in [0.1, 0.15) is 11.6 Å². The van der Waals surface area contributed by atoms with E-state index in [1.165, 1.54) is 11.3 Å². The fourth-order valence-corrected chi connectivity index (χ4v) is 2.52. The molecule has 0 spiro atoms. The molecule has 1 aromatic heterocycles. The predicted molar refractivity (Wildman–Crippen MR) is 68.3 cm³/mol. The van der Waals surface area contributed by atoms with Crippen molar-refractivity contribution in [2.45, 2.75) is 31.8 Å². The van der Waals surface area contributed by atoms with Crippen LogP contribution < -0.4 is 0 Å². The number of hydrogen-bond acceptors (Lipinski definition) is 3. The van der Waals surface area contributed by atoms with E-state index >= 15 is 0 Å². The van der Waals surface area contributed by atoms with Gasteiger partial charge in [-0.1, -0.05) is 6.92 Å². The Balaban J connectivity index is 2.66. The Morgan fingerprint density at radius 3 is 2.68 bits per heavy atom. The Morgan fingerprint density at radius 1 is 1.53 bits per heavy atom. The summed E-state index contributed by atoms with van der Waals surface area (Å²) >= 11 is 6.81. The summed E-state index contributed by atoms with van der Waals surface area (Å²) in [6.45, 7) is 0.602. The van der Waals surface area contributed by atoms with Gasteiger partial charge in [-0.2, -0.15) is 13.2 Å². The van der Waals surface area contributed by atoms with Crippen LogP contribution in [0.2, 0.25) is 0 Å². The van der Waals surface area contributed by atoms with Crippen molar-refractivity contribution in [2.24, 2.45) is 0 Å². The van der Waals surface area contributed by atoms with Gasteiger partial charge >= 0.3 is 6.18 Å². The van der Waals surface area contributed by atoms with Gasteiger partial charge in [0.2, 0.25) is 5.91 Å². The third-order valence-corrected chi connectivity index (χ3v) is 3.43. The Kier molecular flexibility index (Phi) is 6.06. The first-order chi connectivity index (χ1) is 8.85. The molecule has 8 heteroatoms. The van der Waals surface area contributed by atoms with Gasteiger partial charge < -0.3 is 4.90 Å². The molecule has 0 bridgehead atoms. The monoisotopic (exact) mass is 314 g/mol. The van der Waals surface area contributed by atoms with Crippen molar-refractivity contribution in [3.63, 3.8) is 0 Å². The number of thiazole rings is 1. The third kappa shape index (κ3) is 5.78. The van der Waals surface area contributed by atoms with E-state index in [1.807, 2.05) is 0 Å². The quantitative estimate of drug-likeness (QED) is 0.755. The molecule has 0 radical (unpaired) electrons. The molecule has 108 valence electrons. The van der Waals surface area contributed by atoms with Gasteiger partial charge in [-0.3, -0.25) is 4.79 Å². The maximum Gasteiger partial charge on any atom is 0.406 e. The highest BCUT2D eigenvalue weighted by molar-refractivity contribution is 7.09. The zero-order chi connectivity index (χ0) is 14.5. The lowest BCUT2D eigenvalue weighted by Gasteiger charge is -2.23. The highest BCUT2D eigenvalue weighted by Gasteiger charge is 2.32. The van der Waals surface area contributed by atoms with Crippen molar-refractivity contribution < 1.29 is 18.0 Å². The Labute approximate surface area is 118 Å². The van der Waals surface area contributed by atoms with Crippen LogP contribution in [0.15, 0.2) is 5.38 Å². The minimum atomic E-state index is -4.38. The number of alkyl halides is 4. The number of carbonyl (C=O) groups excluding carboxylic acids is 1. The molecular formula is C11H14ClF3N2OS. The summed E-state index contributed by atoms with van der Waals surface area (Å²) in [5, 5.41) is 2.19. The van der Waals surface area contributed by atoms with Gasteiger partial charge in [0, 0.05) is 11.9 Å².